The van der Waals surface area contributed by atoms with Crippen molar-refractivity contribution in [1.82, 2.24) is 0 Å². The first-order chi connectivity index (χ1) is 20.6. The number of hydrogen-bond donors (Lipinski definition) is 0. The van der Waals surface area contributed by atoms with Crippen LogP contribution in [0.4, 0.5) is 0 Å². The molecule has 0 atom stereocenters. The van der Waals surface area contributed by atoms with E-state index in [-0.39, 0.29) is 0 Å². The lowest BCUT2D eigenvalue weighted by Gasteiger charge is -2.15. The van der Waals surface area contributed by atoms with Crippen molar-refractivity contribution in [1.29, 1.82) is 0 Å². The van der Waals surface area contributed by atoms with Crippen molar-refractivity contribution in [3.8, 4) is 0 Å². The van der Waals surface area contributed by atoms with Gasteiger partial charge >= 0.3 is 0 Å². The van der Waals surface area contributed by atoms with Crippen molar-refractivity contribution >= 4 is 0 Å². The van der Waals surface area contributed by atoms with Crippen molar-refractivity contribution in [3.05, 3.63) is 0 Å². The van der Waals surface area contributed by atoms with Gasteiger partial charge in [0.15, 0.2) is 0 Å². The Kier molecular flexibility index (Phi) is 52.3. The third-order valence-electron chi connectivity index (χ3n) is 8.68. The largest absolute Gasteiger partial charge is 0.0654 e. The number of rotatable bonds is 12. The van der Waals surface area contributed by atoms with Crippen LogP contribution in [0.25, 0.3) is 0 Å². The average molecular weight is 627 g/mol. The van der Waals surface area contributed by atoms with Gasteiger partial charge in [0.1, 0.15) is 0 Å². The smallest absolute Gasteiger partial charge is 0.0385 e. The van der Waals surface area contributed by atoms with Crippen molar-refractivity contribution < 1.29 is 0 Å². The second-order valence-electron chi connectivity index (χ2n) is 16.2. The molecule has 2 aliphatic carbocycles. The van der Waals surface area contributed by atoms with Gasteiger partial charge in [-0.05, 0) is 35.0 Å². The Morgan fingerprint density at radius 2 is 0.909 bits per heavy atom. The fraction of sp³-hybridized carbons (Fsp3) is 1.00. The molecule has 0 aliphatic heterocycles. The average Bonchev–Trinajstić information content (AvgIpc) is 3.79. The van der Waals surface area contributed by atoms with Crippen molar-refractivity contribution in [3.63, 3.8) is 0 Å². The maximum absolute atomic E-state index is 2.36. The molecule has 0 radical (unpaired) electrons. The molecule has 2 saturated carbocycles. The minimum Gasteiger partial charge on any atom is -0.0654 e. The lowest BCUT2D eigenvalue weighted by atomic mass is 9.91. The van der Waals surface area contributed by atoms with Gasteiger partial charge in [-0.1, -0.05) is 253 Å². The fourth-order valence-electron chi connectivity index (χ4n) is 4.24. The fourth-order valence-corrected chi connectivity index (χ4v) is 4.24. The highest BCUT2D eigenvalue weighted by Crippen LogP contribution is 2.33. The van der Waals surface area contributed by atoms with E-state index in [0.717, 1.165) is 29.6 Å². The summed E-state index contributed by atoms with van der Waals surface area (Å²) in [5.74, 6) is 4.92. The number of hydrogen-bond acceptors (Lipinski definition) is 0. The van der Waals surface area contributed by atoms with E-state index in [9.17, 15) is 0 Å². The van der Waals surface area contributed by atoms with Crippen LogP contribution < -0.4 is 0 Å². The highest BCUT2D eigenvalue weighted by molar-refractivity contribution is 4.71. The van der Waals surface area contributed by atoms with Gasteiger partial charge in [0, 0.05) is 0 Å². The quantitative estimate of drug-likeness (QED) is 0.189. The van der Waals surface area contributed by atoms with Crippen LogP contribution >= 0.6 is 0 Å². The van der Waals surface area contributed by atoms with Gasteiger partial charge in [0.25, 0.3) is 0 Å². The Labute approximate surface area is 286 Å². The molecular weight excluding hydrogens is 528 g/mol. The van der Waals surface area contributed by atoms with E-state index in [1.807, 2.05) is 0 Å². The second-order valence-corrected chi connectivity index (χ2v) is 16.2. The molecule has 0 unspecified atom stereocenters. The Bertz CT molecular complexity index is 406. The van der Waals surface area contributed by atoms with Gasteiger partial charge in [0.2, 0.25) is 0 Å². The molecule has 2 aliphatic rings. The topological polar surface area (TPSA) is 0 Å². The summed E-state index contributed by atoms with van der Waals surface area (Å²) in [5, 5.41) is 0. The zero-order valence-electron chi connectivity index (χ0n) is 35.2. The minimum atomic E-state index is 0.542. The summed E-state index contributed by atoms with van der Waals surface area (Å²) in [7, 11) is 0. The summed E-state index contributed by atoms with van der Waals surface area (Å²) in [4.78, 5) is 0. The molecule has 0 aromatic carbocycles. The molecule has 0 aromatic heterocycles. The van der Waals surface area contributed by atoms with Crippen LogP contribution in [0, 0.1) is 35.0 Å². The molecule has 2 rings (SSSR count). The molecule has 0 saturated heterocycles. The van der Waals surface area contributed by atoms with E-state index >= 15 is 0 Å². The van der Waals surface area contributed by atoms with Gasteiger partial charge < -0.3 is 0 Å². The van der Waals surface area contributed by atoms with E-state index < -0.39 is 0 Å². The molecule has 0 aromatic rings. The molecule has 0 heterocycles. The lowest BCUT2D eigenvalue weighted by Crippen LogP contribution is -2.00. The molecule has 2 fully saturated rings. The normalized spacial score (nSPS) is 14.2. The van der Waals surface area contributed by atoms with E-state index in [2.05, 4.69) is 118 Å². The summed E-state index contributed by atoms with van der Waals surface area (Å²) >= 11 is 0. The first-order valence-corrected chi connectivity index (χ1v) is 20.6. The Balaban J connectivity index is -0.000000135. The van der Waals surface area contributed by atoms with E-state index in [4.69, 9.17) is 0 Å². The number of unbranched alkanes of at least 4 members (excludes halogenated alkanes) is 4. The predicted octanol–water partition coefficient (Wildman–Crippen LogP) is 17.5. The van der Waals surface area contributed by atoms with Crippen LogP contribution in [0.5, 0.6) is 0 Å². The van der Waals surface area contributed by atoms with Crippen molar-refractivity contribution in [2.45, 2.75) is 253 Å². The highest BCUT2D eigenvalue weighted by Gasteiger charge is 2.18. The molecule has 0 spiro atoms. The first-order valence-electron chi connectivity index (χ1n) is 20.6. The predicted molar refractivity (Wildman–Crippen MR) is 213 cm³/mol. The SMILES string of the molecule is CC1CCCCC1.CCC(C)(C)C.CCC(C)CC.CCCC(C)C.CCCC(C)C.CCCC1CC1.CCCCCCC. The van der Waals surface area contributed by atoms with Gasteiger partial charge in [-0.25, -0.2) is 0 Å². The molecule has 0 heteroatoms. The molecule has 44 heavy (non-hydrogen) atoms. The van der Waals surface area contributed by atoms with Crippen LogP contribution in [0.3, 0.4) is 0 Å². The third kappa shape index (κ3) is 73.5. The minimum absolute atomic E-state index is 0.542. The summed E-state index contributed by atoms with van der Waals surface area (Å²) in [6.45, 7) is 38.2. The summed E-state index contributed by atoms with van der Waals surface area (Å²) in [6, 6.07) is 0. The summed E-state index contributed by atoms with van der Waals surface area (Å²) in [6.07, 6.45) is 29.7. The third-order valence-corrected chi connectivity index (χ3v) is 8.68. The monoisotopic (exact) mass is 627 g/mol. The molecule has 0 bridgehead atoms. The van der Waals surface area contributed by atoms with Crippen molar-refractivity contribution in [2.75, 3.05) is 0 Å². The van der Waals surface area contributed by atoms with Gasteiger partial charge in [0.05, 0.1) is 0 Å². The van der Waals surface area contributed by atoms with Crippen molar-refractivity contribution in [2.24, 2.45) is 35.0 Å². The van der Waals surface area contributed by atoms with E-state index in [1.165, 1.54) is 135 Å². The molecule has 0 nitrogen and oxygen atoms in total. The first kappa shape index (κ1) is 53.5. The Morgan fingerprint density at radius 1 is 0.523 bits per heavy atom. The highest BCUT2D eigenvalue weighted by atomic mass is 14.2. The zero-order valence-corrected chi connectivity index (χ0v) is 35.2. The van der Waals surface area contributed by atoms with E-state index in [0.29, 0.717) is 5.41 Å². The summed E-state index contributed by atoms with van der Waals surface area (Å²) < 4.78 is 0. The Hall–Kier alpha value is 0. The van der Waals surface area contributed by atoms with Gasteiger partial charge in [-0.2, -0.15) is 0 Å². The van der Waals surface area contributed by atoms with Gasteiger partial charge in [-0.15, -0.1) is 0 Å². The maximum atomic E-state index is 2.36. The lowest BCUT2D eigenvalue weighted by molar-refractivity contribution is 0.385. The molecule has 0 amide bonds. The van der Waals surface area contributed by atoms with Crippen LogP contribution in [0.15, 0.2) is 0 Å². The summed E-state index contributed by atoms with van der Waals surface area (Å²) in [5.41, 5.74) is 0.542. The maximum Gasteiger partial charge on any atom is -0.0385 e. The standard InChI is InChI=1S/C7H14.C7H16.C6H12.4C6H14/c1-7-5-3-2-4-6-7;1-3-5-7-6-4-2;1-2-3-6-4-5-6;1-5-6(2,3)4;2*1-4-5-6(2)3;1-4-6(3)5-2/h7H,2-6H2,1H3;3-7H2,1-2H3;6H,2-5H2,1H3;5H2,1-4H3;3*6H,4-5H2,1-3H3. The van der Waals surface area contributed by atoms with Crippen LogP contribution in [0.1, 0.15) is 253 Å². The van der Waals surface area contributed by atoms with Crippen LogP contribution in [0.2, 0.25) is 0 Å². The van der Waals surface area contributed by atoms with Crippen LogP contribution in [-0.4, -0.2) is 0 Å². The second kappa shape index (κ2) is 43.0. The molecule has 274 valence electrons. The Morgan fingerprint density at radius 3 is 1.02 bits per heavy atom. The molecular formula is C44H98. The van der Waals surface area contributed by atoms with Gasteiger partial charge in [-0.3, -0.25) is 0 Å². The van der Waals surface area contributed by atoms with Crippen LogP contribution in [-0.2, 0) is 0 Å². The zero-order chi connectivity index (χ0) is 35.2. The van der Waals surface area contributed by atoms with E-state index in [1.54, 1.807) is 0 Å². The molecule has 0 N–H and O–H groups in total.